The van der Waals surface area contributed by atoms with Crippen LogP contribution in [0.25, 0.3) is 0 Å². The number of unbranched alkanes of at least 4 members (excludes halogenated alkanes) is 1. The van der Waals surface area contributed by atoms with E-state index in [0.29, 0.717) is 12.8 Å². The molecule has 0 fully saturated rings. The molecule has 15 heavy (non-hydrogen) atoms. The molecular weight excluding hydrogens is 212 g/mol. The summed E-state index contributed by atoms with van der Waals surface area (Å²) in [6.45, 7) is 1.61. The minimum atomic E-state index is 0. The van der Waals surface area contributed by atoms with Crippen LogP contribution >= 0.6 is 0 Å². The fourth-order valence-corrected chi connectivity index (χ4v) is 1.22. The largest absolute Gasteiger partial charge is 1.00 e. The number of halogens is 1. The maximum absolute atomic E-state index is 8.40. The van der Waals surface area contributed by atoms with E-state index in [4.69, 9.17) is 10.5 Å². The van der Waals surface area contributed by atoms with Gasteiger partial charge in [-0.2, -0.15) is 10.5 Å². The fourth-order valence-electron chi connectivity index (χ4n) is 1.22. The van der Waals surface area contributed by atoms with Crippen molar-refractivity contribution in [3.63, 3.8) is 0 Å². The molecule has 1 aromatic rings. The van der Waals surface area contributed by atoms with Crippen LogP contribution in [0.3, 0.4) is 0 Å². The van der Waals surface area contributed by atoms with Crippen LogP contribution in [0.4, 0.5) is 0 Å². The first kappa shape index (κ1) is 13.5. The van der Waals surface area contributed by atoms with Crippen molar-refractivity contribution in [3.8, 4) is 12.1 Å². The first-order valence-electron chi connectivity index (χ1n) is 4.65. The third-order valence-electron chi connectivity index (χ3n) is 1.93. The first-order chi connectivity index (χ1) is 6.86. The summed E-state index contributed by atoms with van der Waals surface area (Å²) in [7, 11) is 0. The lowest BCUT2D eigenvalue weighted by Gasteiger charge is -1.91. The number of imidazole rings is 1. The molecule has 1 rings (SSSR count). The average molecular weight is 225 g/mol. The predicted molar refractivity (Wildman–Crippen MR) is 49.7 cm³/mol. The highest BCUT2D eigenvalue weighted by atomic mass is 35.5. The second kappa shape index (κ2) is 7.84. The minimum absolute atomic E-state index is 0. The Morgan fingerprint density at radius 3 is 2.60 bits per heavy atom. The zero-order valence-corrected chi connectivity index (χ0v) is 9.19. The second-order valence-corrected chi connectivity index (χ2v) is 3.06. The monoisotopic (exact) mass is 224 g/mol. The lowest BCUT2D eigenvalue weighted by molar-refractivity contribution is -0.695. The van der Waals surface area contributed by atoms with E-state index in [9.17, 15) is 0 Å². The van der Waals surface area contributed by atoms with Crippen molar-refractivity contribution in [2.45, 2.75) is 32.4 Å². The summed E-state index contributed by atoms with van der Waals surface area (Å²) in [5.74, 6) is 0. The van der Waals surface area contributed by atoms with Gasteiger partial charge in [-0.3, -0.25) is 0 Å². The number of rotatable bonds is 5. The van der Waals surface area contributed by atoms with Gasteiger partial charge in [0.15, 0.2) is 0 Å². The van der Waals surface area contributed by atoms with Crippen LogP contribution in [0, 0.1) is 22.7 Å². The van der Waals surface area contributed by atoms with Crippen LogP contribution < -0.4 is 17.0 Å². The molecule has 0 unspecified atom stereocenters. The zero-order valence-electron chi connectivity index (χ0n) is 8.43. The number of aromatic nitrogens is 2. The predicted octanol–water partition coefficient (Wildman–Crippen LogP) is -2.00. The molecule has 80 valence electrons. The highest BCUT2D eigenvalue weighted by molar-refractivity contribution is 4.72. The van der Waals surface area contributed by atoms with E-state index in [-0.39, 0.29) is 12.4 Å². The van der Waals surface area contributed by atoms with Crippen LogP contribution in [0.1, 0.15) is 19.3 Å². The smallest absolute Gasteiger partial charge is 0.243 e. The standard InChI is InChI=1S/C10H13N4.ClH/c11-4-1-2-6-13-8-9-14(10-13)7-3-5-12;/h8-10H,1-3,6-7H2;1H/q+1;/p-1. The third-order valence-corrected chi connectivity index (χ3v) is 1.93. The Balaban J connectivity index is 0.00000196. The molecule has 0 spiro atoms. The summed E-state index contributed by atoms with van der Waals surface area (Å²) < 4.78 is 4.02. The second-order valence-electron chi connectivity index (χ2n) is 3.06. The number of hydrogen-bond acceptors (Lipinski definition) is 2. The van der Waals surface area contributed by atoms with Crippen molar-refractivity contribution in [1.82, 2.24) is 4.57 Å². The van der Waals surface area contributed by atoms with E-state index < -0.39 is 0 Å². The average Bonchev–Trinajstić information content (AvgIpc) is 2.63. The molecule has 0 amide bonds. The van der Waals surface area contributed by atoms with Crippen molar-refractivity contribution < 1.29 is 17.0 Å². The third kappa shape index (κ3) is 5.05. The molecule has 0 radical (unpaired) electrons. The summed E-state index contributed by atoms with van der Waals surface area (Å²) >= 11 is 0. The SMILES string of the molecule is N#CCCCn1cc[n+](CCC#N)c1.[Cl-]. The minimum Gasteiger partial charge on any atom is -1.00 e. The Morgan fingerprint density at radius 1 is 1.20 bits per heavy atom. The van der Waals surface area contributed by atoms with Gasteiger partial charge < -0.3 is 12.4 Å². The van der Waals surface area contributed by atoms with Gasteiger partial charge in [-0.05, 0) is 6.42 Å². The highest BCUT2D eigenvalue weighted by Crippen LogP contribution is 1.93. The molecule has 0 saturated carbocycles. The van der Waals surface area contributed by atoms with Gasteiger partial charge in [0, 0.05) is 6.42 Å². The van der Waals surface area contributed by atoms with Gasteiger partial charge in [0.05, 0.1) is 25.1 Å². The maximum atomic E-state index is 8.40. The number of hydrogen-bond donors (Lipinski definition) is 0. The molecule has 0 N–H and O–H groups in total. The van der Waals surface area contributed by atoms with Crippen LogP contribution in [0.15, 0.2) is 18.7 Å². The summed E-state index contributed by atoms with van der Waals surface area (Å²) in [6, 6.07) is 4.22. The van der Waals surface area contributed by atoms with Gasteiger partial charge in [0.25, 0.3) is 0 Å². The molecule has 0 aliphatic carbocycles. The molecule has 0 atom stereocenters. The van der Waals surface area contributed by atoms with E-state index in [2.05, 4.69) is 12.1 Å². The van der Waals surface area contributed by atoms with E-state index in [0.717, 1.165) is 19.5 Å². The maximum Gasteiger partial charge on any atom is 0.243 e. The summed E-state index contributed by atoms with van der Waals surface area (Å²) in [6.07, 6.45) is 7.89. The quantitative estimate of drug-likeness (QED) is 0.429. The molecule has 1 heterocycles. The first-order valence-corrected chi connectivity index (χ1v) is 4.65. The number of nitrogens with zero attached hydrogens (tertiary/aromatic N) is 4. The van der Waals surface area contributed by atoms with Gasteiger partial charge in [-0.15, -0.1) is 0 Å². The van der Waals surface area contributed by atoms with E-state index in [1.807, 2.05) is 27.9 Å². The van der Waals surface area contributed by atoms with E-state index in [1.54, 1.807) is 0 Å². The van der Waals surface area contributed by atoms with Crippen molar-refractivity contribution in [3.05, 3.63) is 18.7 Å². The van der Waals surface area contributed by atoms with Gasteiger partial charge in [0.2, 0.25) is 6.33 Å². The van der Waals surface area contributed by atoms with Crippen LogP contribution in [0.2, 0.25) is 0 Å². The molecule has 5 heteroatoms. The molecule has 0 aromatic carbocycles. The molecule has 1 aromatic heterocycles. The lowest BCUT2D eigenvalue weighted by Crippen LogP contribution is -3.00. The van der Waals surface area contributed by atoms with E-state index >= 15 is 0 Å². The van der Waals surface area contributed by atoms with Crippen LogP contribution in [-0.4, -0.2) is 4.57 Å². The van der Waals surface area contributed by atoms with E-state index in [1.165, 1.54) is 0 Å². The van der Waals surface area contributed by atoms with Gasteiger partial charge in [-0.25, -0.2) is 9.13 Å². The van der Waals surface area contributed by atoms with Crippen LogP contribution in [-0.2, 0) is 13.1 Å². The zero-order chi connectivity index (χ0) is 10.2. The Labute approximate surface area is 95.8 Å². The normalized spacial score (nSPS) is 8.67. The Kier molecular flexibility index (Phi) is 7.05. The van der Waals surface area contributed by atoms with Crippen molar-refractivity contribution in [2.75, 3.05) is 0 Å². The Morgan fingerprint density at radius 2 is 1.93 bits per heavy atom. The van der Waals surface area contributed by atoms with Crippen molar-refractivity contribution in [1.29, 1.82) is 10.5 Å². The fraction of sp³-hybridized carbons (Fsp3) is 0.500. The highest BCUT2D eigenvalue weighted by Gasteiger charge is 2.02. The van der Waals surface area contributed by atoms with Crippen molar-refractivity contribution in [2.24, 2.45) is 0 Å². The van der Waals surface area contributed by atoms with Gasteiger partial charge in [0.1, 0.15) is 18.9 Å². The Bertz CT molecular complexity index is 358. The lowest BCUT2D eigenvalue weighted by atomic mass is 10.3. The molecule has 0 aliphatic rings. The van der Waals surface area contributed by atoms with Crippen molar-refractivity contribution >= 4 is 0 Å². The van der Waals surface area contributed by atoms with Gasteiger partial charge >= 0.3 is 0 Å². The summed E-state index contributed by atoms with van der Waals surface area (Å²) in [5, 5.41) is 16.8. The molecular formula is C10H13ClN4. The topological polar surface area (TPSA) is 56.4 Å². The summed E-state index contributed by atoms with van der Waals surface area (Å²) in [5.41, 5.74) is 0. The molecule has 4 nitrogen and oxygen atoms in total. The molecule has 0 saturated heterocycles. The number of aryl methyl sites for hydroxylation is 2. The van der Waals surface area contributed by atoms with Crippen LogP contribution in [0.5, 0.6) is 0 Å². The molecule has 0 aliphatic heterocycles. The summed E-state index contributed by atoms with van der Waals surface area (Å²) in [4.78, 5) is 0. The van der Waals surface area contributed by atoms with Gasteiger partial charge in [-0.1, -0.05) is 0 Å². The number of nitriles is 2. The molecule has 0 bridgehead atoms. The Hall–Kier alpha value is -1.52.